The van der Waals surface area contributed by atoms with Gasteiger partial charge in [0.25, 0.3) is 0 Å². The van der Waals surface area contributed by atoms with Crippen LogP contribution in [0.1, 0.15) is 13.3 Å². The third kappa shape index (κ3) is 5.34. The molecule has 0 amide bonds. The van der Waals surface area contributed by atoms with E-state index in [1.165, 1.54) is 7.28 Å². The summed E-state index contributed by atoms with van der Waals surface area (Å²) < 4.78 is 4.61. The van der Waals surface area contributed by atoms with Crippen molar-refractivity contribution in [1.29, 1.82) is 0 Å². The van der Waals surface area contributed by atoms with Crippen LogP contribution in [-0.2, 0) is 14.3 Å². The summed E-state index contributed by atoms with van der Waals surface area (Å²) in [4.78, 5) is 20.3. The summed E-state index contributed by atoms with van der Waals surface area (Å²) in [5.74, 6) is -0.249. The Morgan fingerprint density at radius 1 is 1.70 bits per heavy atom. The molecule has 0 atom stereocenters. The normalized spacial score (nSPS) is 8.50. The summed E-state index contributed by atoms with van der Waals surface area (Å²) in [6, 6.07) is 0. The first-order chi connectivity index (χ1) is 4.81. The van der Waals surface area contributed by atoms with Gasteiger partial charge in [0.15, 0.2) is 7.28 Å². The van der Waals surface area contributed by atoms with Gasteiger partial charge < -0.3 is 9.53 Å². The molecule has 0 aromatic heterocycles. The molecule has 0 saturated heterocycles. The smallest absolute Gasteiger partial charge is 0.305 e. The van der Waals surface area contributed by atoms with Crippen molar-refractivity contribution in [3.05, 3.63) is 0 Å². The lowest BCUT2D eigenvalue weighted by molar-refractivity contribution is -0.142. The van der Waals surface area contributed by atoms with E-state index in [9.17, 15) is 9.59 Å². The first-order valence-corrected chi connectivity index (χ1v) is 3.23. The van der Waals surface area contributed by atoms with Crippen molar-refractivity contribution in [2.24, 2.45) is 0 Å². The standard InChI is InChI=1S/C6H10BO3/c1-2-10-6(9)3-4-7-5-8/h5H,2-4H2,1H3. The highest BCUT2D eigenvalue weighted by atomic mass is 16.5. The van der Waals surface area contributed by atoms with Crippen LogP contribution in [0.4, 0.5) is 0 Å². The highest BCUT2D eigenvalue weighted by Crippen LogP contribution is 1.90. The van der Waals surface area contributed by atoms with E-state index in [1.54, 1.807) is 6.92 Å². The number of hydrogen-bond donors (Lipinski definition) is 0. The largest absolute Gasteiger partial charge is 0.466 e. The number of esters is 1. The van der Waals surface area contributed by atoms with E-state index in [-0.39, 0.29) is 5.97 Å². The quantitative estimate of drug-likeness (QED) is 0.238. The molecule has 0 unspecified atom stereocenters. The predicted molar refractivity (Wildman–Crippen MR) is 38.6 cm³/mol. The van der Waals surface area contributed by atoms with Crippen molar-refractivity contribution in [3.8, 4) is 0 Å². The first kappa shape index (κ1) is 9.20. The maximum Gasteiger partial charge on any atom is 0.305 e. The second kappa shape index (κ2) is 6.33. The Kier molecular flexibility index (Phi) is 5.82. The highest BCUT2D eigenvalue weighted by molar-refractivity contribution is 6.66. The van der Waals surface area contributed by atoms with Gasteiger partial charge in [0.2, 0.25) is 0 Å². The van der Waals surface area contributed by atoms with Crippen LogP contribution >= 0.6 is 0 Å². The third-order valence-electron chi connectivity index (χ3n) is 0.917. The number of carbonyl (C=O) groups excluding carboxylic acids is 2. The Hall–Kier alpha value is -0.795. The molecule has 0 N–H and O–H groups in total. The first-order valence-electron chi connectivity index (χ1n) is 3.23. The lowest BCUT2D eigenvalue weighted by Crippen LogP contribution is -2.05. The van der Waals surface area contributed by atoms with Crippen LogP contribution in [0.15, 0.2) is 0 Å². The molecule has 0 heterocycles. The molecule has 0 aliphatic heterocycles. The Morgan fingerprint density at radius 2 is 2.40 bits per heavy atom. The fourth-order valence-corrected chi connectivity index (χ4v) is 0.502. The minimum atomic E-state index is -0.249. The molecule has 0 spiro atoms. The van der Waals surface area contributed by atoms with Crippen LogP contribution in [0.25, 0.3) is 0 Å². The molecular formula is C6H10BO3. The molecule has 0 saturated carbocycles. The summed E-state index contributed by atoms with van der Waals surface area (Å²) in [5, 5.41) is 0. The van der Waals surface area contributed by atoms with Gasteiger partial charge in [-0.2, -0.15) is 0 Å². The molecule has 0 bridgehead atoms. The zero-order chi connectivity index (χ0) is 7.82. The highest BCUT2D eigenvalue weighted by Gasteiger charge is 1.99. The fourth-order valence-electron chi connectivity index (χ4n) is 0.502. The van der Waals surface area contributed by atoms with Crippen LogP contribution in [0.2, 0.25) is 6.32 Å². The Labute approximate surface area is 61.0 Å². The zero-order valence-corrected chi connectivity index (χ0v) is 6.00. The molecule has 0 aliphatic rings. The van der Waals surface area contributed by atoms with Crippen molar-refractivity contribution in [2.45, 2.75) is 19.7 Å². The van der Waals surface area contributed by atoms with Crippen molar-refractivity contribution >= 4 is 19.4 Å². The summed E-state index contributed by atoms with van der Waals surface area (Å²) in [7, 11) is 1.40. The van der Waals surface area contributed by atoms with Gasteiger partial charge in [-0.25, -0.2) is 0 Å². The Bertz CT molecular complexity index is 114. The minimum absolute atomic E-state index is 0.249. The monoisotopic (exact) mass is 141 g/mol. The topological polar surface area (TPSA) is 43.4 Å². The zero-order valence-electron chi connectivity index (χ0n) is 6.00. The molecule has 1 radical (unpaired) electrons. The van der Waals surface area contributed by atoms with Gasteiger partial charge in [-0.1, -0.05) is 6.32 Å². The van der Waals surface area contributed by atoms with E-state index in [1.807, 2.05) is 0 Å². The minimum Gasteiger partial charge on any atom is -0.466 e. The van der Waals surface area contributed by atoms with Crippen LogP contribution in [0, 0.1) is 0 Å². The summed E-state index contributed by atoms with van der Waals surface area (Å²) in [6.45, 7) is 2.15. The van der Waals surface area contributed by atoms with Gasteiger partial charge in [0.05, 0.1) is 12.8 Å². The van der Waals surface area contributed by atoms with Gasteiger partial charge in [-0.05, 0) is 6.92 Å². The average molecular weight is 141 g/mol. The maximum atomic E-state index is 10.6. The molecular weight excluding hydrogens is 131 g/mol. The van der Waals surface area contributed by atoms with Crippen molar-refractivity contribution < 1.29 is 14.3 Å². The third-order valence-corrected chi connectivity index (χ3v) is 0.917. The van der Waals surface area contributed by atoms with E-state index < -0.39 is 0 Å². The number of hydrogen-bond acceptors (Lipinski definition) is 3. The SMILES string of the molecule is CCOC(=O)CC[B]C=O. The van der Waals surface area contributed by atoms with E-state index in [0.717, 1.165) is 0 Å². The summed E-state index contributed by atoms with van der Waals surface area (Å²) in [6.07, 6.45) is 1.45. The van der Waals surface area contributed by atoms with Gasteiger partial charge in [0.1, 0.15) is 0 Å². The van der Waals surface area contributed by atoms with E-state index in [4.69, 9.17) is 0 Å². The molecule has 4 heteroatoms. The summed E-state index contributed by atoms with van der Waals surface area (Å²) >= 11 is 0. The van der Waals surface area contributed by atoms with Gasteiger partial charge in [-0.15, -0.1) is 0 Å². The van der Waals surface area contributed by atoms with Crippen LogP contribution in [0.5, 0.6) is 0 Å². The average Bonchev–Trinajstić information content (AvgIpc) is 1.89. The molecule has 0 rings (SSSR count). The van der Waals surface area contributed by atoms with Crippen molar-refractivity contribution in [3.63, 3.8) is 0 Å². The fraction of sp³-hybridized carbons (Fsp3) is 0.667. The van der Waals surface area contributed by atoms with E-state index >= 15 is 0 Å². The molecule has 0 fully saturated rings. The lowest BCUT2D eigenvalue weighted by Gasteiger charge is -1.97. The van der Waals surface area contributed by atoms with E-state index in [2.05, 4.69) is 4.74 Å². The Balaban J connectivity index is 3.13. The molecule has 0 aliphatic carbocycles. The molecule has 10 heavy (non-hydrogen) atoms. The number of ether oxygens (including phenoxy) is 1. The van der Waals surface area contributed by atoms with Gasteiger partial charge >= 0.3 is 5.97 Å². The maximum absolute atomic E-state index is 10.6. The second-order valence-corrected chi connectivity index (χ2v) is 1.72. The van der Waals surface area contributed by atoms with Gasteiger partial charge in [0, 0.05) is 6.42 Å². The van der Waals surface area contributed by atoms with Crippen molar-refractivity contribution in [1.82, 2.24) is 0 Å². The molecule has 0 aromatic rings. The number of carbonyl (C=O) groups is 2. The summed E-state index contributed by atoms with van der Waals surface area (Å²) in [5.41, 5.74) is 0. The molecule has 0 aromatic carbocycles. The number of rotatable bonds is 5. The van der Waals surface area contributed by atoms with E-state index in [0.29, 0.717) is 25.5 Å². The van der Waals surface area contributed by atoms with Gasteiger partial charge in [-0.3, -0.25) is 4.79 Å². The molecule has 55 valence electrons. The van der Waals surface area contributed by atoms with Crippen LogP contribution in [0.3, 0.4) is 0 Å². The van der Waals surface area contributed by atoms with Crippen LogP contribution in [-0.4, -0.2) is 26.0 Å². The lowest BCUT2D eigenvalue weighted by atomic mass is 9.76. The second-order valence-electron chi connectivity index (χ2n) is 1.72. The molecule has 3 nitrogen and oxygen atoms in total. The predicted octanol–water partition coefficient (Wildman–Crippen LogP) is 0.252. The Morgan fingerprint density at radius 3 is 2.90 bits per heavy atom. The van der Waals surface area contributed by atoms with Crippen molar-refractivity contribution in [2.75, 3.05) is 6.61 Å². The van der Waals surface area contributed by atoms with Crippen LogP contribution < -0.4 is 0 Å².